The van der Waals surface area contributed by atoms with Gasteiger partial charge in [0.25, 0.3) is 0 Å². The van der Waals surface area contributed by atoms with Crippen LogP contribution in [0.5, 0.6) is 11.5 Å². The van der Waals surface area contributed by atoms with Gasteiger partial charge in [-0.2, -0.15) is 0 Å². The molecule has 1 aromatic heterocycles. The van der Waals surface area contributed by atoms with E-state index in [1.54, 1.807) is 7.11 Å². The highest BCUT2D eigenvalue weighted by Crippen LogP contribution is 2.19. The Bertz CT molecular complexity index is 826. The van der Waals surface area contributed by atoms with Crippen LogP contribution < -0.4 is 9.47 Å². The molecule has 5 heteroatoms. The summed E-state index contributed by atoms with van der Waals surface area (Å²) in [5.41, 5.74) is 2.95. The Morgan fingerprint density at radius 1 is 1.12 bits per heavy atom. The first-order chi connectivity index (χ1) is 11.8. The van der Waals surface area contributed by atoms with Gasteiger partial charge in [-0.3, -0.25) is 4.79 Å². The smallest absolute Gasteiger partial charge is 0.185 e. The number of hydrogen-bond acceptors (Lipinski definition) is 4. The number of unbranched alkanes of at least 4 members (excludes halogenated alkanes) is 1. The molecule has 1 N–H and O–H groups in total. The quantitative estimate of drug-likeness (QED) is 0.506. The average Bonchev–Trinajstić information content (AvgIpc) is 3.04. The lowest BCUT2D eigenvalue weighted by atomic mass is 10.1. The SMILES string of the molecule is COc1cccc(OCCCCc2ccc3nc(C=O)[nH]c3c2)c1. The second kappa shape index (κ2) is 7.64. The number of benzene rings is 2. The number of carbonyl (C=O) groups excluding carboxylic acids is 1. The summed E-state index contributed by atoms with van der Waals surface area (Å²) in [5, 5.41) is 0. The predicted molar refractivity (Wildman–Crippen MR) is 92.9 cm³/mol. The van der Waals surface area contributed by atoms with Crippen molar-refractivity contribution in [2.75, 3.05) is 13.7 Å². The van der Waals surface area contributed by atoms with Gasteiger partial charge < -0.3 is 14.5 Å². The van der Waals surface area contributed by atoms with Gasteiger partial charge in [-0.05, 0) is 49.1 Å². The number of ether oxygens (including phenoxy) is 2. The Kier molecular flexibility index (Phi) is 5.11. The molecular formula is C19H20N2O3. The highest BCUT2D eigenvalue weighted by Gasteiger charge is 2.03. The zero-order valence-electron chi connectivity index (χ0n) is 13.6. The van der Waals surface area contributed by atoms with Crippen LogP contribution in [0.2, 0.25) is 0 Å². The minimum absolute atomic E-state index is 0.369. The Morgan fingerprint density at radius 2 is 2.00 bits per heavy atom. The lowest BCUT2D eigenvalue weighted by molar-refractivity contribution is 0.111. The van der Waals surface area contributed by atoms with Crippen molar-refractivity contribution in [2.45, 2.75) is 19.3 Å². The van der Waals surface area contributed by atoms with E-state index >= 15 is 0 Å². The number of aromatic amines is 1. The van der Waals surface area contributed by atoms with Crippen molar-refractivity contribution in [3.8, 4) is 11.5 Å². The van der Waals surface area contributed by atoms with Crippen LogP contribution in [-0.2, 0) is 6.42 Å². The number of aldehydes is 1. The second-order valence-electron chi connectivity index (χ2n) is 5.58. The number of imidazole rings is 1. The van der Waals surface area contributed by atoms with Gasteiger partial charge in [0, 0.05) is 6.07 Å². The maximum Gasteiger partial charge on any atom is 0.185 e. The minimum Gasteiger partial charge on any atom is -0.497 e. The summed E-state index contributed by atoms with van der Waals surface area (Å²) in [6, 6.07) is 13.7. The third kappa shape index (κ3) is 3.93. The molecular weight excluding hydrogens is 304 g/mol. The first-order valence-electron chi connectivity index (χ1n) is 7.99. The summed E-state index contributed by atoms with van der Waals surface area (Å²) in [6.45, 7) is 0.675. The normalized spacial score (nSPS) is 10.7. The molecule has 1 heterocycles. The Morgan fingerprint density at radius 3 is 2.83 bits per heavy atom. The number of H-pyrrole nitrogens is 1. The van der Waals surface area contributed by atoms with Crippen LogP contribution in [0.25, 0.3) is 11.0 Å². The van der Waals surface area contributed by atoms with Crippen LogP contribution in [0.3, 0.4) is 0 Å². The first-order valence-corrected chi connectivity index (χ1v) is 7.99. The number of hydrogen-bond donors (Lipinski definition) is 1. The summed E-state index contributed by atoms with van der Waals surface area (Å²) in [6.07, 6.45) is 3.70. The monoisotopic (exact) mass is 324 g/mol. The van der Waals surface area contributed by atoms with E-state index in [2.05, 4.69) is 22.1 Å². The number of nitrogens with one attached hydrogen (secondary N) is 1. The summed E-state index contributed by atoms with van der Waals surface area (Å²) < 4.78 is 10.9. The van der Waals surface area contributed by atoms with Gasteiger partial charge in [0.05, 0.1) is 24.8 Å². The average molecular weight is 324 g/mol. The van der Waals surface area contributed by atoms with E-state index < -0.39 is 0 Å². The van der Waals surface area contributed by atoms with Crippen molar-refractivity contribution >= 4 is 17.3 Å². The second-order valence-corrected chi connectivity index (χ2v) is 5.58. The molecule has 3 aromatic rings. The van der Waals surface area contributed by atoms with Gasteiger partial charge in [-0.25, -0.2) is 4.98 Å². The standard InChI is InChI=1S/C19H20N2O3/c1-23-15-6-4-7-16(12-15)24-10-3-2-5-14-8-9-17-18(11-14)21-19(13-22)20-17/h4,6-9,11-13H,2-3,5,10H2,1H3,(H,20,21). The molecule has 3 rings (SSSR count). The van der Waals surface area contributed by atoms with E-state index in [1.807, 2.05) is 30.3 Å². The van der Waals surface area contributed by atoms with Gasteiger partial charge >= 0.3 is 0 Å². The summed E-state index contributed by atoms with van der Waals surface area (Å²) in [5.74, 6) is 2.00. The van der Waals surface area contributed by atoms with E-state index in [0.717, 1.165) is 48.1 Å². The van der Waals surface area contributed by atoms with Gasteiger partial charge in [0.15, 0.2) is 12.1 Å². The Labute approximate surface area is 140 Å². The van der Waals surface area contributed by atoms with E-state index in [4.69, 9.17) is 9.47 Å². The van der Waals surface area contributed by atoms with Crippen LogP contribution in [0.15, 0.2) is 42.5 Å². The Hall–Kier alpha value is -2.82. The maximum atomic E-state index is 10.7. The number of rotatable bonds is 8. The summed E-state index contributed by atoms with van der Waals surface area (Å²) in [7, 11) is 1.65. The fourth-order valence-electron chi connectivity index (χ4n) is 2.60. The number of nitrogens with zero attached hydrogens (tertiary/aromatic N) is 1. The number of aryl methyl sites for hydroxylation is 1. The predicted octanol–water partition coefficient (Wildman–Crippen LogP) is 3.79. The van der Waals surface area contributed by atoms with E-state index in [0.29, 0.717) is 12.4 Å². The molecule has 0 unspecified atom stereocenters. The van der Waals surface area contributed by atoms with Crippen molar-refractivity contribution in [1.29, 1.82) is 0 Å². The minimum atomic E-state index is 0.369. The van der Waals surface area contributed by atoms with E-state index in [-0.39, 0.29) is 0 Å². The first kappa shape index (κ1) is 16.1. The molecule has 0 atom stereocenters. The summed E-state index contributed by atoms with van der Waals surface area (Å²) >= 11 is 0. The zero-order chi connectivity index (χ0) is 16.8. The molecule has 0 aliphatic rings. The highest BCUT2D eigenvalue weighted by atomic mass is 16.5. The van der Waals surface area contributed by atoms with Gasteiger partial charge in [0.1, 0.15) is 11.5 Å². The van der Waals surface area contributed by atoms with Crippen LogP contribution in [-0.4, -0.2) is 30.0 Å². The number of carbonyl (C=O) groups is 1. The summed E-state index contributed by atoms with van der Waals surface area (Å²) in [4.78, 5) is 17.9. The maximum absolute atomic E-state index is 10.7. The van der Waals surface area contributed by atoms with Crippen molar-refractivity contribution in [3.63, 3.8) is 0 Å². The van der Waals surface area contributed by atoms with Crippen LogP contribution in [0, 0.1) is 0 Å². The van der Waals surface area contributed by atoms with Gasteiger partial charge in [-0.1, -0.05) is 12.1 Å². The van der Waals surface area contributed by atoms with Crippen molar-refractivity contribution < 1.29 is 14.3 Å². The fraction of sp³-hybridized carbons (Fsp3) is 0.263. The van der Waals surface area contributed by atoms with E-state index in [9.17, 15) is 4.79 Å². The van der Waals surface area contributed by atoms with Crippen LogP contribution >= 0.6 is 0 Å². The molecule has 0 bridgehead atoms. The molecule has 0 aliphatic carbocycles. The Balaban J connectivity index is 1.46. The molecule has 0 amide bonds. The van der Waals surface area contributed by atoms with Crippen molar-refractivity contribution in [3.05, 3.63) is 53.9 Å². The molecule has 0 saturated carbocycles. The largest absolute Gasteiger partial charge is 0.497 e. The molecule has 0 aliphatic heterocycles. The van der Waals surface area contributed by atoms with E-state index in [1.165, 1.54) is 5.56 Å². The molecule has 0 radical (unpaired) electrons. The molecule has 5 nitrogen and oxygen atoms in total. The lowest BCUT2D eigenvalue weighted by Crippen LogP contribution is -1.98. The highest BCUT2D eigenvalue weighted by molar-refractivity contribution is 5.82. The number of fused-ring (bicyclic) bond motifs is 1. The molecule has 0 spiro atoms. The lowest BCUT2D eigenvalue weighted by Gasteiger charge is -2.07. The molecule has 124 valence electrons. The molecule has 0 fully saturated rings. The molecule has 2 aromatic carbocycles. The van der Waals surface area contributed by atoms with Crippen molar-refractivity contribution in [1.82, 2.24) is 9.97 Å². The topological polar surface area (TPSA) is 64.2 Å². The molecule has 0 saturated heterocycles. The number of methoxy groups -OCH3 is 1. The van der Waals surface area contributed by atoms with Gasteiger partial charge in [0.2, 0.25) is 0 Å². The zero-order valence-corrected chi connectivity index (χ0v) is 13.6. The van der Waals surface area contributed by atoms with Crippen LogP contribution in [0.1, 0.15) is 29.0 Å². The van der Waals surface area contributed by atoms with Gasteiger partial charge in [-0.15, -0.1) is 0 Å². The fourth-order valence-corrected chi connectivity index (χ4v) is 2.60. The van der Waals surface area contributed by atoms with Crippen LogP contribution in [0.4, 0.5) is 0 Å². The van der Waals surface area contributed by atoms with Crippen molar-refractivity contribution in [2.24, 2.45) is 0 Å². The number of aromatic nitrogens is 2. The third-order valence-corrected chi connectivity index (χ3v) is 3.85. The third-order valence-electron chi connectivity index (χ3n) is 3.85. The molecule has 24 heavy (non-hydrogen) atoms.